The summed E-state index contributed by atoms with van der Waals surface area (Å²) < 4.78 is 9.66. The normalized spacial score (nSPS) is 9.80. The molecule has 20 heavy (non-hydrogen) atoms. The molecule has 0 heterocycles. The van der Waals surface area contributed by atoms with Crippen LogP contribution in [-0.2, 0) is 19.1 Å². The minimum atomic E-state index is -0.762. The van der Waals surface area contributed by atoms with Crippen molar-refractivity contribution in [2.24, 2.45) is 0 Å². The molecule has 0 atom stereocenters. The molecule has 0 unspecified atom stereocenters. The quantitative estimate of drug-likeness (QED) is 0.361. The van der Waals surface area contributed by atoms with Crippen molar-refractivity contribution in [3.05, 3.63) is 39.4 Å². The zero-order valence-electron chi connectivity index (χ0n) is 11.1. The topological polar surface area (TPSA) is 52.6 Å². The molecule has 0 spiro atoms. The van der Waals surface area contributed by atoms with Gasteiger partial charge in [0.2, 0.25) is 0 Å². The molecule has 1 aromatic rings. The second kappa shape index (κ2) is 7.92. The number of hydrogen-bond donors (Lipinski definition) is 0. The van der Waals surface area contributed by atoms with E-state index in [2.05, 4.69) is 0 Å². The lowest BCUT2D eigenvalue weighted by Gasteiger charge is -2.07. The van der Waals surface area contributed by atoms with Crippen molar-refractivity contribution in [3.63, 3.8) is 0 Å². The lowest BCUT2D eigenvalue weighted by molar-refractivity contribution is -0.146. The smallest absolute Gasteiger partial charge is 0.345 e. The predicted molar refractivity (Wildman–Crippen MR) is 77.7 cm³/mol. The number of carbonyl (C=O) groups excluding carboxylic acids is 2. The number of ether oxygens (including phenoxy) is 2. The maximum absolute atomic E-state index is 11.8. The van der Waals surface area contributed by atoms with Crippen LogP contribution in [0.2, 0.25) is 10.0 Å². The van der Waals surface area contributed by atoms with Gasteiger partial charge in [0.05, 0.1) is 23.3 Å². The van der Waals surface area contributed by atoms with Gasteiger partial charge >= 0.3 is 11.9 Å². The van der Waals surface area contributed by atoms with E-state index < -0.39 is 11.9 Å². The number of halogens is 2. The first-order valence-corrected chi connectivity index (χ1v) is 6.76. The molecule has 6 heteroatoms. The summed E-state index contributed by atoms with van der Waals surface area (Å²) in [6.07, 6.45) is 1.31. The SMILES string of the molecule is CCOC(=O)C(=Cc1cccc(Cl)c1Cl)C(=O)OCC. The van der Waals surface area contributed by atoms with E-state index in [0.717, 1.165) is 0 Å². The largest absolute Gasteiger partial charge is 0.462 e. The van der Waals surface area contributed by atoms with Crippen molar-refractivity contribution >= 4 is 41.2 Å². The molecule has 0 saturated carbocycles. The second-order valence-corrected chi connectivity index (χ2v) is 4.43. The number of benzene rings is 1. The van der Waals surface area contributed by atoms with Gasteiger partial charge in [-0.3, -0.25) is 0 Å². The van der Waals surface area contributed by atoms with E-state index in [1.165, 1.54) is 6.08 Å². The molecule has 1 rings (SSSR count). The maximum Gasteiger partial charge on any atom is 0.345 e. The first-order valence-electron chi connectivity index (χ1n) is 6.01. The molecule has 1 aromatic carbocycles. The van der Waals surface area contributed by atoms with E-state index in [0.29, 0.717) is 10.6 Å². The first kappa shape index (κ1) is 16.5. The van der Waals surface area contributed by atoms with Gasteiger partial charge in [0, 0.05) is 0 Å². The molecule has 0 aromatic heterocycles. The van der Waals surface area contributed by atoms with Crippen LogP contribution < -0.4 is 0 Å². The van der Waals surface area contributed by atoms with E-state index in [1.54, 1.807) is 32.0 Å². The number of carbonyl (C=O) groups is 2. The summed E-state index contributed by atoms with van der Waals surface area (Å²) in [5, 5.41) is 0.577. The van der Waals surface area contributed by atoms with Gasteiger partial charge in [-0.2, -0.15) is 0 Å². The summed E-state index contributed by atoms with van der Waals surface area (Å²) in [6, 6.07) is 4.90. The van der Waals surface area contributed by atoms with E-state index in [9.17, 15) is 9.59 Å². The number of hydrogen-bond acceptors (Lipinski definition) is 4. The van der Waals surface area contributed by atoms with E-state index in [1.807, 2.05) is 0 Å². The Morgan fingerprint density at radius 3 is 2.15 bits per heavy atom. The highest BCUT2D eigenvalue weighted by atomic mass is 35.5. The van der Waals surface area contributed by atoms with Crippen molar-refractivity contribution in [3.8, 4) is 0 Å². The van der Waals surface area contributed by atoms with Gasteiger partial charge in [-0.1, -0.05) is 35.3 Å². The highest BCUT2D eigenvalue weighted by Crippen LogP contribution is 2.27. The molecule has 0 aliphatic heterocycles. The van der Waals surface area contributed by atoms with Gasteiger partial charge in [-0.15, -0.1) is 0 Å². The molecular formula is C14H14Cl2O4. The van der Waals surface area contributed by atoms with Crippen LogP contribution in [0.5, 0.6) is 0 Å². The molecule has 0 N–H and O–H groups in total. The third kappa shape index (κ3) is 4.25. The van der Waals surface area contributed by atoms with Crippen LogP contribution in [0.15, 0.2) is 23.8 Å². The summed E-state index contributed by atoms with van der Waals surface area (Å²) >= 11 is 11.9. The monoisotopic (exact) mass is 316 g/mol. The van der Waals surface area contributed by atoms with Crippen LogP contribution in [0, 0.1) is 0 Å². The summed E-state index contributed by atoms with van der Waals surface area (Å²) in [6.45, 7) is 3.60. The molecule has 0 bridgehead atoms. The lowest BCUT2D eigenvalue weighted by atomic mass is 10.1. The molecule has 0 saturated heterocycles. The van der Waals surface area contributed by atoms with Crippen LogP contribution in [0.1, 0.15) is 19.4 Å². The molecule has 0 aliphatic rings. The Bertz CT molecular complexity index is 518. The minimum absolute atomic E-state index is 0.152. The Balaban J connectivity index is 3.21. The van der Waals surface area contributed by atoms with Gasteiger partial charge in [-0.05, 0) is 31.6 Å². The van der Waals surface area contributed by atoms with Gasteiger partial charge < -0.3 is 9.47 Å². The Morgan fingerprint density at radius 1 is 1.10 bits per heavy atom. The van der Waals surface area contributed by atoms with Crippen molar-refractivity contribution in [1.82, 2.24) is 0 Å². The van der Waals surface area contributed by atoms with Crippen LogP contribution >= 0.6 is 23.2 Å². The summed E-state index contributed by atoms with van der Waals surface area (Å²) in [7, 11) is 0. The standard InChI is InChI=1S/C14H14Cl2O4/c1-3-19-13(17)10(14(18)20-4-2)8-9-6-5-7-11(15)12(9)16/h5-8H,3-4H2,1-2H3. The summed E-state index contributed by atoms with van der Waals surface area (Å²) in [5.74, 6) is -1.52. The molecule has 0 aliphatic carbocycles. The van der Waals surface area contributed by atoms with Crippen molar-refractivity contribution in [2.75, 3.05) is 13.2 Å². The average molecular weight is 317 g/mol. The fraction of sp³-hybridized carbons (Fsp3) is 0.286. The van der Waals surface area contributed by atoms with Crippen molar-refractivity contribution < 1.29 is 19.1 Å². The fourth-order valence-corrected chi connectivity index (χ4v) is 1.77. The predicted octanol–water partition coefficient (Wildman–Crippen LogP) is 3.50. The highest BCUT2D eigenvalue weighted by Gasteiger charge is 2.21. The minimum Gasteiger partial charge on any atom is -0.462 e. The molecule has 0 radical (unpaired) electrons. The lowest BCUT2D eigenvalue weighted by Crippen LogP contribution is -2.18. The van der Waals surface area contributed by atoms with Gasteiger partial charge in [0.1, 0.15) is 5.57 Å². The van der Waals surface area contributed by atoms with Crippen LogP contribution in [-0.4, -0.2) is 25.2 Å². The van der Waals surface area contributed by atoms with Gasteiger partial charge in [0.15, 0.2) is 0 Å². The number of esters is 2. The van der Waals surface area contributed by atoms with E-state index in [-0.39, 0.29) is 23.8 Å². The molecule has 0 amide bonds. The molecule has 0 fully saturated rings. The highest BCUT2D eigenvalue weighted by molar-refractivity contribution is 6.43. The first-order chi connectivity index (χ1) is 9.51. The number of rotatable bonds is 5. The Labute approximate surface area is 127 Å². The molecular weight excluding hydrogens is 303 g/mol. The van der Waals surface area contributed by atoms with Crippen LogP contribution in [0.25, 0.3) is 6.08 Å². The van der Waals surface area contributed by atoms with Crippen molar-refractivity contribution in [1.29, 1.82) is 0 Å². The Morgan fingerprint density at radius 2 is 1.65 bits per heavy atom. The Kier molecular flexibility index (Phi) is 6.55. The third-order valence-corrected chi connectivity index (χ3v) is 3.11. The fourth-order valence-electron chi connectivity index (χ4n) is 1.41. The summed E-state index contributed by atoms with van der Waals surface area (Å²) in [5.41, 5.74) is 0.216. The molecule has 108 valence electrons. The summed E-state index contributed by atoms with van der Waals surface area (Å²) in [4.78, 5) is 23.6. The Hall–Kier alpha value is -1.52. The van der Waals surface area contributed by atoms with Gasteiger partial charge in [0.25, 0.3) is 0 Å². The maximum atomic E-state index is 11.8. The zero-order valence-corrected chi connectivity index (χ0v) is 12.6. The van der Waals surface area contributed by atoms with Gasteiger partial charge in [-0.25, -0.2) is 9.59 Å². The average Bonchev–Trinajstić information content (AvgIpc) is 2.40. The van der Waals surface area contributed by atoms with E-state index >= 15 is 0 Å². The van der Waals surface area contributed by atoms with Crippen LogP contribution in [0.4, 0.5) is 0 Å². The van der Waals surface area contributed by atoms with Crippen molar-refractivity contribution in [2.45, 2.75) is 13.8 Å². The van der Waals surface area contributed by atoms with E-state index in [4.69, 9.17) is 32.7 Å². The molecule has 4 nitrogen and oxygen atoms in total. The second-order valence-electron chi connectivity index (χ2n) is 3.64. The zero-order chi connectivity index (χ0) is 15.1. The third-order valence-electron chi connectivity index (χ3n) is 2.27. The van der Waals surface area contributed by atoms with Crippen LogP contribution in [0.3, 0.4) is 0 Å².